The fraction of sp³-hybridized carbons (Fsp3) is 0.200. The number of furan rings is 1. The first-order valence-electron chi connectivity index (χ1n) is 9.06. The largest absolute Gasteiger partial charge is 0.481 e. The van der Waals surface area contributed by atoms with Crippen molar-refractivity contribution in [3.8, 4) is 11.4 Å². The predicted octanol–water partition coefficient (Wildman–Crippen LogP) is 3.95. The molecule has 0 aliphatic rings. The standard InChI is InChI=1S/C20H19N5O3S/c1-3-13-5-4-6-16-14(9-21-18(13)16)10-22-25-19(15-7-8-28-12(15)2)23-24-20(25)29-11-17(26)27/h4-10,21H,3,11H2,1-2H3,(H,26,27)/b22-10+. The number of benzene rings is 1. The average molecular weight is 409 g/mol. The van der Waals surface area contributed by atoms with Gasteiger partial charge in [-0.05, 0) is 25.0 Å². The van der Waals surface area contributed by atoms with Gasteiger partial charge in [0, 0.05) is 22.7 Å². The molecule has 9 heteroatoms. The van der Waals surface area contributed by atoms with Crippen molar-refractivity contribution in [1.29, 1.82) is 0 Å². The second-order valence-corrected chi connectivity index (χ2v) is 7.32. The minimum atomic E-state index is -0.932. The highest BCUT2D eigenvalue weighted by molar-refractivity contribution is 7.99. The van der Waals surface area contributed by atoms with E-state index in [2.05, 4.69) is 33.3 Å². The van der Waals surface area contributed by atoms with E-state index < -0.39 is 5.97 Å². The zero-order valence-corrected chi connectivity index (χ0v) is 16.7. The van der Waals surface area contributed by atoms with Crippen molar-refractivity contribution in [2.75, 3.05) is 5.75 Å². The van der Waals surface area contributed by atoms with Crippen LogP contribution in [-0.2, 0) is 11.2 Å². The highest BCUT2D eigenvalue weighted by atomic mass is 32.2. The van der Waals surface area contributed by atoms with Gasteiger partial charge in [0.05, 0.1) is 23.8 Å². The molecule has 0 bridgehead atoms. The number of nitrogens with zero attached hydrogens (tertiary/aromatic N) is 4. The summed E-state index contributed by atoms with van der Waals surface area (Å²) in [4.78, 5) is 14.3. The number of para-hydroxylation sites is 1. The third-order valence-corrected chi connectivity index (χ3v) is 5.47. The molecule has 0 saturated heterocycles. The van der Waals surface area contributed by atoms with Gasteiger partial charge in [-0.2, -0.15) is 9.78 Å². The van der Waals surface area contributed by atoms with Crippen LogP contribution in [0.15, 0.2) is 51.4 Å². The van der Waals surface area contributed by atoms with E-state index in [1.165, 1.54) is 5.56 Å². The van der Waals surface area contributed by atoms with Gasteiger partial charge in [-0.25, -0.2) is 0 Å². The zero-order chi connectivity index (χ0) is 20.4. The second-order valence-electron chi connectivity index (χ2n) is 6.37. The molecule has 0 amide bonds. The number of carboxylic acid groups (broad SMARTS) is 1. The summed E-state index contributed by atoms with van der Waals surface area (Å²) in [6.45, 7) is 3.94. The quantitative estimate of drug-likeness (QED) is 0.353. The van der Waals surface area contributed by atoms with Crippen LogP contribution in [0.4, 0.5) is 0 Å². The number of aromatic nitrogens is 4. The van der Waals surface area contributed by atoms with E-state index in [1.807, 2.05) is 25.3 Å². The van der Waals surface area contributed by atoms with Crippen LogP contribution >= 0.6 is 11.8 Å². The Morgan fingerprint density at radius 1 is 1.38 bits per heavy atom. The number of carboxylic acids is 1. The molecule has 0 fully saturated rings. The van der Waals surface area contributed by atoms with Crippen LogP contribution in [-0.4, -0.2) is 42.9 Å². The Morgan fingerprint density at radius 3 is 2.97 bits per heavy atom. The highest BCUT2D eigenvalue weighted by Gasteiger charge is 2.18. The lowest BCUT2D eigenvalue weighted by atomic mass is 10.1. The van der Waals surface area contributed by atoms with Crippen LogP contribution in [0.5, 0.6) is 0 Å². The molecule has 4 rings (SSSR count). The SMILES string of the molecule is CCc1cccc2c(/C=N/n3c(SCC(=O)O)nnc3-c3ccoc3C)c[nH]c12. The van der Waals surface area contributed by atoms with Gasteiger partial charge >= 0.3 is 5.97 Å². The summed E-state index contributed by atoms with van der Waals surface area (Å²) in [5, 5.41) is 23.4. The second kappa shape index (κ2) is 7.96. The van der Waals surface area contributed by atoms with Crippen molar-refractivity contribution in [3.05, 3.63) is 53.6 Å². The number of aromatic amines is 1. The van der Waals surface area contributed by atoms with Crippen LogP contribution in [0.25, 0.3) is 22.3 Å². The van der Waals surface area contributed by atoms with Crippen molar-refractivity contribution < 1.29 is 14.3 Å². The van der Waals surface area contributed by atoms with Crippen molar-refractivity contribution in [2.45, 2.75) is 25.4 Å². The van der Waals surface area contributed by atoms with Crippen LogP contribution in [0.3, 0.4) is 0 Å². The first kappa shape index (κ1) is 19.0. The Morgan fingerprint density at radius 2 is 2.24 bits per heavy atom. The van der Waals surface area contributed by atoms with Crippen molar-refractivity contribution >= 4 is 34.8 Å². The molecule has 8 nitrogen and oxygen atoms in total. The summed E-state index contributed by atoms with van der Waals surface area (Å²) in [5.74, 6) is 0.112. The molecule has 0 unspecified atom stereocenters. The Kier molecular flexibility index (Phi) is 5.22. The summed E-state index contributed by atoms with van der Waals surface area (Å²) in [6.07, 6.45) is 6.14. The third-order valence-electron chi connectivity index (χ3n) is 4.56. The molecular weight excluding hydrogens is 390 g/mol. The maximum absolute atomic E-state index is 11.0. The molecule has 0 spiro atoms. The zero-order valence-electron chi connectivity index (χ0n) is 15.9. The molecule has 148 valence electrons. The summed E-state index contributed by atoms with van der Waals surface area (Å²) in [7, 11) is 0. The number of fused-ring (bicyclic) bond motifs is 1. The molecule has 29 heavy (non-hydrogen) atoms. The topological polar surface area (TPSA) is 109 Å². The molecule has 1 aromatic carbocycles. The van der Waals surface area contributed by atoms with E-state index in [-0.39, 0.29) is 5.75 Å². The molecule has 2 N–H and O–H groups in total. The molecule has 0 aliphatic heterocycles. The lowest BCUT2D eigenvalue weighted by Gasteiger charge is -2.03. The maximum Gasteiger partial charge on any atom is 0.313 e. The molecule has 0 atom stereocenters. The molecule has 0 radical (unpaired) electrons. The van der Waals surface area contributed by atoms with Gasteiger partial charge in [-0.3, -0.25) is 4.79 Å². The lowest BCUT2D eigenvalue weighted by molar-refractivity contribution is -0.133. The fourth-order valence-electron chi connectivity index (χ4n) is 3.13. The van der Waals surface area contributed by atoms with Gasteiger partial charge in [-0.1, -0.05) is 36.9 Å². The number of thioether (sulfide) groups is 1. The molecule has 3 aromatic heterocycles. The van der Waals surface area contributed by atoms with E-state index in [4.69, 9.17) is 9.52 Å². The Bertz CT molecular complexity index is 1200. The number of rotatable bonds is 7. The Labute approximate surface area is 170 Å². The normalized spacial score (nSPS) is 11.7. The van der Waals surface area contributed by atoms with Crippen LogP contribution < -0.4 is 0 Å². The molecule has 3 heterocycles. The van der Waals surface area contributed by atoms with Gasteiger partial charge in [0.1, 0.15) is 5.76 Å². The van der Waals surface area contributed by atoms with Gasteiger partial charge in [0.15, 0.2) is 5.82 Å². The van der Waals surface area contributed by atoms with Crippen molar-refractivity contribution in [3.63, 3.8) is 0 Å². The van der Waals surface area contributed by atoms with E-state index in [0.717, 1.165) is 40.2 Å². The first-order chi connectivity index (χ1) is 14.1. The maximum atomic E-state index is 11.0. The summed E-state index contributed by atoms with van der Waals surface area (Å²) in [5.41, 5.74) is 4.00. The highest BCUT2D eigenvalue weighted by Crippen LogP contribution is 2.27. The van der Waals surface area contributed by atoms with Crippen LogP contribution in [0.1, 0.15) is 23.8 Å². The minimum absolute atomic E-state index is 0.134. The molecular formula is C20H19N5O3S. The monoisotopic (exact) mass is 409 g/mol. The summed E-state index contributed by atoms with van der Waals surface area (Å²) in [6, 6.07) is 7.95. The fourth-order valence-corrected chi connectivity index (χ4v) is 3.74. The summed E-state index contributed by atoms with van der Waals surface area (Å²) >= 11 is 1.06. The van der Waals surface area contributed by atoms with Gasteiger partial charge < -0.3 is 14.5 Å². The Hall–Kier alpha value is -3.33. The van der Waals surface area contributed by atoms with Gasteiger partial charge in [0.25, 0.3) is 0 Å². The third kappa shape index (κ3) is 3.68. The van der Waals surface area contributed by atoms with Crippen molar-refractivity contribution in [1.82, 2.24) is 19.9 Å². The van der Waals surface area contributed by atoms with E-state index >= 15 is 0 Å². The molecule has 4 aromatic rings. The first-order valence-corrected chi connectivity index (χ1v) is 10.0. The lowest BCUT2D eigenvalue weighted by Crippen LogP contribution is -2.01. The van der Waals surface area contributed by atoms with Crippen molar-refractivity contribution in [2.24, 2.45) is 5.10 Å². The smallest absolute Gasteiger partial charge is 0.313 e. The van der Waals surface area contributed by atoms with Gasteiger partial charge in [-0.15, -0.1) is 10.2 Å². The predicted molar refractivity (Wildman–Crippen MR) is 111 cm³/mol. The number of aryl methyl sites for hydroxylation is 2. The van der Waals surface area contributed by atoms with Crippen LogP contribution in [0, 0.1) is 6.92 Å². The Balaban J connectivity index is 1.76. The summed E-state index contributed by atoms with van der Waals surface area (Å²) < 4.78 is 6.93. The van der Waals surface area contributed by atoms with Gasteiger partial charge in [0.2, 0.25) is 5.16 Å². The number of hydrogen-bond acceptors (Lipinski definition) is 6. The average Bonchev–Trinajstić information content (AvgIpc) is 3.42. The number of nitrogens with one attached hydrogen (secondary N) is 1. The van der Waals surface area contributed by atoms with Crippen LogP contribution in [0.2, 0.25) is 0 Å². The number of hydrogen-bond donors (Lipinski definition) is 2. The van der Waals surface area contributed by atoms with E-state index in [1.54, 1.807) is 23.2 Å². The molecule has 0 saturated carbocycles. The van der Waals surface area contributed by atoms with E-state index in [9.17, 15) is 4.79 Å². The molecule has 0 aliphatic carbocycles. The number of carbonyl (C=O) groups is 1. The van der Waals surface area contributed by atoms with E-state index in [0.29, 0.717) is 16.7 Å². The minimum Gasteiger partial charge on any atom is -0.481 e. The number of aliphatic carboxylic acids is 1. The number of H-pyrrole nitrogens is 1.